The van der Waals surface area contributed by atoms with Gasteiger partial charge in [-0.15, -0.1) is 0 Å². The molecule has 0 aromatic carbocycles. The molecule has 0 aliphatic heterocycles. The molecule has 2 heterocycles. The number of nitrogens with zero attached hydrogens (tertiary/aromatic N) is 2. The van der Waals surface area contributed by atoms with Gasteiger partial charge in [0.2, 0.25) is 0 Å². The summed E-state index contributed by atoms with van der Waals surface area (Å²) in [5.74, 6) is -0.192. The fourth-order valence-electron chi connectivity index (χ4n) is 1.39. The minimum atomic E-state index is -0.192. The molecule has 0 aliphatic rings. The molecule has 16 heavy (non-hydrogen) atoms. The van der Waals surface area contributed by atoms with Crippen LogP contribution in [-0.2, 0) is 0 Å². The number of nitrogens with one attached hydrogen (secondary N) is 2. The summed E-state index contributed by atoms with van der Waals surface area (Å²) in [5.41, 5.74) is 2.95. The molecule has 0 saturated heterocycles. The molecule has 5 heteroatoms. The van der Waals surface area contributed by atoms with Gasteiger partial charge in [-0.05, 0) is 26.0 Å². The van der Waals surface area contributed by atoms with Crippen LogP contribution in [0.15, 0.2) is 24.5 Å². The van der Waals surface area contributed by atoms with E-state index in [1.165, 1.54) is 6.20 Å². The molecule has 2 rings (SSSR count). The summed E-state index contributed by atoms with van der Waals surface area (Å²) in [6.07, 6.45) is 3.03. The first kappa shape index (κ1) is 10.4. The normalized spacial score (nSPS) is 10.1. The largest absolute Gasteiger partial charge is 0.320 e. The minimum Gasteiger partial charge on any atom is -0.320 e. The lowest BCUT2D eigenvalue weighted by molar-refractivity contribution is 0.102. The van der Waals surface area contributed by atoms with Gasteiger partial charge in [-0.3, -0.25) is 14.9 Å². The highest BCUT2D eigenvalue weighted by molar-refractivity contribution is 6.04. The number of hydrogen-bond donors (Lipinski definition) is 2. The molecule has 1 amide bonds. The number of aromatic amines is 1. The summed E-state index contributed by atoms with van der Waals surface area (Å²) in [4.78, 5) is 16.0. The van der Waals surface area contributed by atoms with E-state index in [0.29, 0.717) is 5.56 Å². The van der Waals surface area contributed by atoms with Crippen molar-refractivity contribution in [3.05, 3.63) is 41.5 Å². The Hall–Kier alpha value is -2.17. The maximum Gasteiger partial charge on any atom is 0.258 e. The highest BCUT2D eigenvalue weighted by Crippen LogP contribution is 2.13. The van der Waals surface area contributed by atoms with E-state index < -0.39 is 0 Å². The van der Waals surface area contributed by atoms with E-state index in [1.807, 2.05) is 26.0 Å². The molecule has 0 bridgehead atoms. The number of rotatable bonds is 2. The molecule has 5 nitrogen and oxygen atoms in total. The van der Waals surface area contributed by atoms with E-state index in [0.717, 1.165) is 17.1 Å². The summed E-state index contributed by atoms with van der Waals surface area (Å²) >= 11 is 0. The zero-order valence-corrected chi connectivity index (χ0v) is 9.11. The fourth-order valence-corrected chi connectivity index (χ4v) is 1.39. The molecule has 0 radical (unpaired) electrons. The molecule has 2 N–H and O–H groups in total. The van der Waals surface area contributed by atoms with Gasteiger partial charge in [0, 0.05) is 11.9 Å². The lowest BCUT2D eigenvalue weighted by atomic mass is 10.2. The molecule has 0 fully saturated rings. The predicted molar refractivity (Wildman–Crippen MR) is 60.3 cm³/mol. The topological polar surface area (TPSA) is 70.7 Å². The average molecular weight is 216 g/mol. The quantitative estimate of drug-likeness (QED) is 0.802. The van der Waals surface area contributed by atoms with Crippen LogP contribution in [-0.4, -0.2) is 21.1 Å². The average Bonchev–Trinajstić information content (AvgIpc) is 2.75. The van der Waals surface area contributed by atoms with Crippen LogP contribution < -0.4 is 5.32 Å². The zero-order valence-electron chi connectivity index (χ0n) is 9.11. The third-order valence-electron chi connectivity index (χ3n) is 2.23. The molecule has 2 aromatic heterocycles. The Morgan fingerprint density at radius 3 is 2.81 bits per heavy atom. The Balaban J connectivity index is 2.18. The smallest absolute Gasteiger partial charge is 0.258 e. The van der Waals surface area contributed by atoms with Gasteiger partial charge >= 0.3 is 0 Å². The Bertz CT molecular complexity index is 505. The zero-order chi connectivity index (χ0) is 11.5. The first-order valence-corrected chi connectivity index (χ1v) is 4.91. The SMILES string of the molecule is Cc1ccc(NC(=O)c2cn[nH]c2)c(C)n1. The third-order valence-corrected chi connectivity index (χ3v) is 2.23. The van der Waals surface area contributed by atoms with E-state index in [2.05, 4.69) is 20.5 Å². The van der Waals surface area contributed by atoms with Gasteiger partial charge in [0.05, 0.1) is 23.1 Å². The minimum absolute atomic E-state index is 0.192. The summed E-state index contributed by atoms with van der Waals surface area (Å²) in [7, 11) is 0. The monoisotopic (exact) mass is 216 g/mol. The van der Waals surface area contributed by atoms with Crippen LogP contribution >= 0.6 is 0 Å². The van der Waals surface area contributed by atoms with Gasteiger partial charge in [0.15, 0.2) is 0 Å². The number of pyridine rings is 1. The van der Waals surface area contributed by atoms with Crippen molar-refractivity contribution in [2.75, 3.05) is 5.32 Å². The van der Waals surface area contributed by atoms with Crippen LogP contribution in [0.5, 0.6) is 0 Å². The Morgan fingerprint density at radius 1 is 1.38 bits per heavy atom. The van der Waals surface area contributed by atoms with E-state index in [9.17, 15) is 4.79 Å². The highest BCUT2D eigenvalue weighted by atomic mass is 16.1. The Kier molecular flexibility index (Phi) is 2.68. The van der Waals surface area contributed by atoms with Crippen LogP contribution in [0.3, 0.4) is 0 Å². The standard InChI is InChI=1S/C11H12N4O/c1-7-3-4-10(8(2)14-7)15-11(16)9-5-12-13-6-9/h3-6H,1-2H3,(H,12,13)(H,15,16). The first-order valence-electron chi connectivity index (χ1n) is 4.91. The Labute approximate surface area is 92.9 Å². The summed E-state index contributed by atoms with van der Waals surface area (Å²) in [6.45, 7) is 3.77. The summed E-state index contributed by atoms with van der Waals surface area (Å²) in [5, 5.41) is 9.09. The van der Waals surface area contributed by atoms with Crippen LogP contribution in [0.2, 0.25) is 0 Å². The molecule has 82 valence electrons. The van der Waals surface area contributed by atoms with Gasteiger partial charge in [0.25, 0.3) is 5.91 Å². The van der Waals surface area contributed by atoms with Gasteiger partial charge in [-0.1, -0.05) is 0 Å². The fraction of sp³-hybridized carbons (Fsp3) is 0.182. The molecule has 0 atom stereocenters. The second kappa shape index (κ2) is 4.14. The van der Waals surface area contributed by atoms with E-state index in [4.69, 9.17) is 0 Å². The van der Waals surface area contributed by atoms with Crippen LogP contribution in [0.4, 0.5) is 5.69 Å². The summed E-state index contributed by atoms with van der Waals surface area (Å²) in [6, 6.07) is 3.70. The number of amides is 1. The van der Waals surface area contributed by atoms with E-state index in [-0.39, 0.29) is 5.91 Å². The number of aryl methyl sites for hydroxylation is 2. The van der Waals surface area contributed by atoms with Gasteiger partial charge in [-0.2, -0.15) is 5.10 Å². The van der Waals surface area contributed by atoms with E-state index in [1.54, 1.807) is 6.20 Å². The lowest BCUT2D eigenvalue weighted by Gasteiger charge is -2.06. The van der Waals surface area contributed by atoms with Gasteiger partial charge in [-0.25, -0.2) is 0 Å². The van der Waals surface area contributed by atoms with Crippen molar-refractivity contribution in [2.45, 2.75) is 13.8 Å². The number of carbonyl (C=O) groups is 1. The second-order valence-electron chi connectivity index (χ2n) is 3.53. The second-order valence-corrected chi connectivity index (χ2v) is 3.53. The maximum absolute atomic E-state index is 11.7. The van der Waals surface area contributed by atoms with Crippen molar-refractivity contribution >= 4 is 11.6 Å². The number of aromatic nitrogens is 3. The molecular weight excluding hydrogens is 204 g/mol. The number of hydrogen-bond acceptors (Lipinski definition) is 3. The van der Waals surface area contributed by atoms with Crippen molar-refractivity contribution in [3.63, 3.8) is 0 Å². The summed E-state index contributed by atoms with van der Waals surface area (Å²) < 4.78 is 0. The van der Waals surface area contributed by atoms with Crippen molar-refractivity contribution in [3.8, 4) is 0 Å². The van der Waals surface area contributed by atoms with E-state index >= 15 is 0 Å². The molecular formula is C11H12N4O. The molecule has 0 unspecified atom stereocenters. The predicted octanol–water partition coefficient (Wildman–Crippen LogP) is 1.67. The van der Waals surface area contributed by atoms with Crippen LogP contribution in [0, 0.1) is 13.8 Å². The maximum atomic E-state index is 11.7. The lowest BCUT2D eigenvalue weighted by Crippen LogP contribution is -2.12. The molecule has 0 aliphatic carbocycles. The molecule has 0 spiro atoms. The van der Waals surface area contributed by atoms with Crippen LogP contribution in [0.1, 0.15) is 21.7 Å². The van der Waals surface area contributed by atoms with Crippen molar-refractivity contribution in [1.29, 1.82) is 0 Å². The number of carbonyl (C=O) groups excluding carboxylic acids is 1. The molecule has 2 aromatic rings. The number of H-pyrrole nitrogens is 1. The third kappa shape index (κ3) is 2.08. The van der Waals surface area contributed by atoms with Gasteiger partial charge < -0.3 is 5.32 Å². The van der Waals surface area contributed by atoms with Crippen LogP contribution in [0.25, 0.3) is 0 Å². The first-order chi connectivity index (χ1) is 7.66. The highest BCUT2D eigenvalue weighted by Gasteiger charge is 2.08. The van der Waals surface area contributed by atoms with Crippen molar-refractivity contribution < 1.29 is 4.79 Å². The number of anilines is 1. The van der Waals surface area contributed by atoms with Crippen molar-refractivity contribution in [1.82, 2.24) is 15.2 Å². The Morgan fingerprint density at radius 2 is 2.19 bits per heavy atom. The van der Waals surface area contributed by atoms with Crippen molar-refractivity contribution in [2.24, 2.45) is 0 Å². The van der Waals surface area contributed by atoms with Gasteiger partial charge in [0.1, 0.15) is 0 Å². The molecule has 0 saturated carbocycles.